The Morgan fingerprint density at radius 3 is 2.58 bits per heavy atom. The number of pyridine rings is 1. The van der Waals surface area contributed by atoms with Crippen LogP contribution in [-0.2, 0) is 0 Å². The number of nitrogens with one attached hydrogen (secondary N) is 2. The van der Waals surface area contributed by atoms with Crippen LogP contribution in [0.3, 0.4) is 0 Å². The van der Waals surface area contributed by atoms with Gasteiger partial charge in [0.15, 0.2) is 0 Å². The van der Waals surface area contributed by atoms with Gasteiger partial charge >= 0.3 is 0 Å². The normalized spacial score (nSPS) is 12.1. The molecule has 0 spiro atoms. The number of allylic oxidation sites excluding steroid dienone is 1. The highest BCUT2D eigenvalue weighted by Crippen LogP contribution is 2.48. The van der Waals surface area contributed by atoms with Crippen molar-refractivity contribution in [3.05, 3.63) is 85.2 Å². The molecule has 0 saturated carbocycles. The molecule has 0 fully saturated rings. The summed E-state index contributed by atoms with van der Waals surface area (Å²) >= 11 is 0. The van der Waals surface area contributed by atoms with Crippen LogP contribution in [-0.4, -0.2) is 21.0 Å². The maximum absolute atomic E-state index is 7.04. The Morgan fingerprint density at radius 1 is 0.871 bits per heavy atom. The molecule has 2 N–H and O–H groups in total. The molecule has 5 aromatic rings. The molecule has 1 aliphatic heterocycles. The number of hydrogen-bond donors (Lipinski definition) is 2. The average molecular weight is 402 g/mol. The number of nitrogens with zero attached hydrogens (tertiary/aromatic N) is 2. The molecular formula is C26H18N4O. The fraction of sp³-hybridized carbons (Fsp3) is 0. The molecule has 0 radical (unpaired) electrons. The molecule has 3 aromatic carbocycles. The Kier molecular flexibility index (Phi) is 3.86. The van der Waals surface area contributed by atoms with Gasteiger partial charge in [-0.3, -0.25) is 14.8 Å². The molecule has 148 valence electrons. The van der Waals surface area contributed by atoms with E-state index >= 15 is 0 Å². The number of fused-ring (bicyclic) bond motifs is 2. The van der Waals surface area contributed by atoms with Crippen molar-refractivity contribution in [3.63, 3.8) is 0 Å². The molecule has 0 atom stereocenters. The second-order valence-corrected chi connectivity index (χ2v) is 7.44. The Balaban J connectivity index is 1.42. The predicted octanol–water partition coefficient (Wildman–Crippen LogP) is 6.59. The van der Waals surface area contributed by atoms with Crippen molar-refractivity contribution < 1.29 is 4.74 Å². The minimum Gasteiger partial charge on any atom is -0.456 e. The first-order valence-electron chi connectivity index (χ1n) is 10.1. The highest BCUT2D eigenvalue weighted by atomic mass is 16.5. The summed E-state index contributed by atoms with van der Waals surface area (Å²) in [6.45, 7) is 0. The molecule has 1 aliphatic rings. The first-order valence-corrected chi connectivity index (χ1v) is 10.1. The Morgan fingerprint density at radius 2 is 1.74 bits per heavy atom. The zero-order valence-corrected chi connectivity index (χ0v) is 16.5. The molecule has 5 heteroatoms. The monoisotopic (exact) mass is 402 g/mol. The van der Waals surface area contributed by atoms with Crippen LogP contribution >= 0.6 is 0 Å². The van der Waals surface area contributed by atoms with Gasteiger partial charge in [-0.05, 0) is 46.9 Å². The van der Waals surface area contributed by atoms with Crippen molar-refractivity contribution in [1.82, 2.24) is 14.8 Å². The summed E-state index contributed by atoms with van der Waals surface area (Å²) in [6, 6.07) is 22.9. The van der Waals surface area contributed by atoms with Crippen LogP contribution in [0.1, 0.15) is 0 Å². The predicted molar refractivity (Wildman–Crippen MR) is 125 cm³/mol. The van der Waals surface area contributed by atoms with Gasteiger partial charge in [-0.25, -0.2) is 0 Å². The molecule has 0 amide bonds. The SMILES string of the molecule is N=C/C=C\n1cc(-c2ccc(-c3ccc4c5c(cccc35)-c3ccccc3O4)cn2)[nH]1. The van der Waals surface area contributed by atoms with Gasteiger partial charge in [0.05, 0.1) is 17.6 Å². The van der Waals surface area contributed by atoms with Gasteiger partial charge < -0.3 is 10.1 Å². The van der Waals surface area contributed by atoms with E-state index in [0.29, 0.717) is 0 Å². The quantitative estimate of drug-likeness (QED) is 0.327. The number of rotatable bonds is 4. The van der Waals surface area contributed by atoms with Crippen molar-refractivity contribution in [2.24, 2.45) is 0 Å². The molecule has 5 nitrogen and oxygen atoms in total. The maximum Gasteiger partial charge on any atom is 0.135 e. The van der Waals surface area contributed by atoms with E-state index in [4.69, 9.17) is 10.1 Å². The standard InChI is InChI=1S/C26H18N4O/c27-13-4-14-30-16-23(29-30)22-11-9-17(15-28-22)18-10-12-25-26-20(18)6-3-7-21(26)19-5-1-2-8-24(19)31-25/h1-16,27,29H/b14-4-,27-13?. The van der Waals surface area contributed by atoms with Crippen LogP contribution in [0.15, 0.2) is 85.2 Å². The Hall–Kier alpha value is -4.38. The molecule has 3 heterocycles. The first kappa shape index (κ1) is 17.5. The molecule has 31 heavy (non-hydrogen) atoms. The lowest BCUT2D eigenvalue weighted by Crippen LogP contribution is -2.04. The molecular weight excluding hydrogens is 384 g/mol. The van der Waals surface area contributed by atoms with E-state index in [0.717, 1.165) is 50.3 Å². The zero-order chi connectivity index (χ0) is 20.8. The first-order chi connectivity index (χ1) is 15.3. The van der Waals surface area contributed by atoms with Crippen LogP contribution in [0, 0.1) is 5.41 Å². The van der Waals surface area contributed by atoms with E-state index in [1.54, 1.807) is 17.0 Å². The second kappa shape index (κ2) is 6.85. The van der Waals surface area contributed by atoms with Gasteiger partial charge in [-0.2, -0.15) is 0 Å². The highest BCUT2D eigenvalue weighted by Gasteiger charge is 2.21. The maximum atomic E-state index is 7.04. The topological polar surface area (TPSA) is 66.7 Å². The summed E-state index contributed by atoms with van der Waals surface area (Å²) in [4.78, 5) is 4.66. The lowest BCUT2D eigenvalue weighted by atomic mass is 9.91. The third kappa shape index (κ3) is 2.79. The number of hydrogen-bond acceptors (Lipinski definition) is 3. The number of aromatic amines is 1. The van der Waals surface area contributed by atoms with Crippen molar-refractivity contribution >= 4 is 23.2 Å². The van der Waals surface area contributed by atoms with Crippen LogP contribution in [0.25, 0.3) is 50.6 Å². The van der Waals surface area contributed by atoms with Crippen LogP contribution < -0.4 is 4.74 Å². The van der Waals surface area contributed by atoms with Crippen molar-refractivity contribution in [2.75, 3.05) is 0 Å². The summed E-state index contributed by atoms with van der Waals surface area (Å²) in [5, 5.41) is 12.5. The van der Waals surface area contributed by atoms with Gasteiger partial charge in [0, 0.05) is 35.1 Å². The highest BCUT2D eigenvalue weighted by molar-refractivity contribution is 6.09. The molecule has 6 rings (SSSR count). The van der Waals surface area contributed by atoms with E-state index in [9.17, 15) is 0 Å². The van der Waals surface area contributed by atoms with E-state index in [2.05, 4.69) is 52.5 Å². The summed E-state index contributed by atoms with van der Waals surface area (Å²) < 4.78 is 7.99. The third-order valence-electron chi connectivity index (χ3n) is 5.61. The van der Waals surface area contributed by atoms with Gasteiger partial charge in [0.1, 0.15) is 11.5 Å². The Labute approximate surface area is 178 Å². The molecule has 0 bridgehead atoms. The van der Waals surface area contributed by atoms with Crippen LogP contribution in [0.4, 0.5) is 0 Å². The van der Waals surface area contributed by atoms with Crippen LogP contribution in [0.5, 0.6) is 11.5 Å². The molecule has 0 unspecified atom stereocenters. The summed E-state index contributed by atoms with van der Waals surface area (Å²) in [6.07, 6.45) is 8.52. The zero-order valence-electron chi connectivity index (χ0n) is 16.5. The summed E-state index contributed by atoms with van der Waals surface area (Å²) in [7, 11) is 0. The van der Waals surface area contributed by atoms with E-state index in [1.807, 2.05) is 36.7 Å². The van der Waals surface area contributed by atoms with Gasteiger partial charge in [-0.15, -0.1) is 0 Å². The van der Waals surface area contributed by atoms with Crippen molar-refractivity contribution in [3.8, 4) is 45.1 Å². The average Bonchev–Trinajstić information content (AvgIpc) is 2.79. The summed E-state index contributed by atoms with van der Waals surface area (Å²) in [5.41, 5.74) is 6.34. The minimum atomic E-state index is 0.878. The third-order valence-corrected chi connectivity index (χ3v) is 5.61. The Bertz CT molecular complexity index is 1460. The van der Waals surface area contributed by atoms with Gasteiger partial charge in [0.2, 0.25) is 0 Å². The van der Waals surface area contributed by atoms with E-state index < -0.39 is 0 Å². The van der Waals surface area contributed by atoms with E-state index in [-0.39, 0.29) is 0 Å². The smallest absolute Gasteiger partial charge is 0.135 e. The van der Waals surface area contributed by atoms with Crippen molar-refractivity contribution in [1.29, 1.82) is 5.41 Å². The number of ether oxygens (including phenoxy) is 1. The largest absolute Gasteiger partial charge is 0.456 e. The minimum absolute atomic E-state index is 0.878. The fourth-order valence-corrected chi connectivity index (χ4v) is 4.16. The molecule has 0 aliphatic carbocycles. The fourth-order valence-electron chi connectivity index (χ4n) is 4.16. The lowest BCUT2D eigenvalue weighted by Gasteiger charge is -2.22. The molecule has 0 saturated heterocycles. The number of H-pyrrole nitrogens is 1. The van der Waals surface area contributed by atoms with E-state index in [1.165, 1.54) is 11.8 Å². The lowest BCUT2D eigenvalue weighted by molar-refractivity contribution is 0.487. The second-order valence-electron chi connectivity index (χ2n) is 7.44. The van der Waals surface area contributed by atoms with Gasteiger partial charge in [0.25, 0.3) is 0 Å². The number of aromatic nitrogens is 3. The van der Waals surface area contributed by atoms with Crippen molar-refractivity contribution in [2.45, 2.75) is 0 Å². The summed E-state index contributed by atoms with van der Waals surface area (Å²) in [5.74, 6) is 1.78. The number of para-hydroxylation sites is 1. The van der Waals surface area contributed by atoms with Crippen LogP contribution in [0.2, 0.25) is 0 Å². The number of benzene rings is 3. The van der Waals surface area contributed by atoms with Gasteiger partial charge in [-0.1, -0.05) is 42.5 Å². The molecule has 2 aromatic heterocycles.